The number of aromatic nitrogens is 2. The van der Waals surface area contributed by atoms with Crippen molar-refractivity contribution in [3.63, 3.8) is 0 Å². The van der Waals surface area contributed by atoms with Crippen molar-refractivity contribution in [2.24, 2.45) is 5.92 Å². The average Bonchev–Trinajstić information content (AvgIpc) is 2.97. The second-order valence-electron chi connectivity index (χ2n) is 6.76. The van der Waals surface area contributed by atoms with Gasteiger partial charge in [-0.1, -0.05) is 24.4 Å². The van der Waals surface area contributed by atoms with Crippen LogP contribution in [0.25, 0.3) is 0 Å². The van der Waals surface area contributed by atoms with Crippen LogP contribution in [0.15, 0.2) is 4.52 Å². The van der Waals surface area contributed by atoms with Crippen LogP contribution >= 0.6 is 0 Å². The van der Waals surface area contributed by atoms with Crippen LogP contribution in [0.5, 0.6) is 0 Å². The van der Waals surface area contributed by atoms with Gasteiger partial charge in [0.05, 0.1) is 12.6 Å². The summed E-state index contributed by atoms with van der Waals surface area (Å²) < 4.78 is 5.48. The van der Waals surface area contributed by atoms with Crippen molar-refractivity contribution in [3.05, 3.63) is 11.7 Å². The van der Waals surface area contributed by atoms with Crippen molar-refractivity contribution in [3.8, 4) is 0 Å². The fraction of sp³-hybridized carbons (Fsp3) is 0.875. The van der Waals surface area contributed by atoms with E-state index in [1.165, 1.54) is 32.1 Å². The topological polar surface area (TPSA) is 62.4 Å². The quantitative estimate of drug-likeness (QED) is 0.924. The first-order chi connectivity index (χ1) is 10.2. The van der Waals surface area contributed by atoms with E-state index in [0.717, 1.165) is 44.2 Å². The van der Waals surface area contributed by atoms with Crippen molar-refractivity contribution in [2.45, 2.75) is 70.4 Å². The first-order valence-electron chi connectivity index (χ1n) is 8.45. The Bertz CT molecular complexity index is 440. The van der Waals surface area contributed by atoms with E-state index in [0.29, 0.717) is 11.8 Å². The van der Waals surface area contributed by atoms with Crippen molar-refractivity contribution in [2.75, 3.05) is 13.1 Å². The zero-order valence-electron chi connectivity index (χ0n) is 13.0. The lowest BCUT2D eigenvalue weighted by Gasteiger charge is -2.33. The molecule has 2 fully saturated rings. The lowest BCUT2D eigenvalue weighted by molar-refractivity contribution is 0.0586. The Morgan fingerprint density at radius 1 is 1.24 bits per heavy atom. The number of hydrogen-bond acceptors (Lipinski definition) is 5. The summed E-state index contributed by atoms with van der Waals surface area (Å²) in [5.74, 6) is 2.51. The normalized spacial score (nSPS) is 26.9. The van der Waals surface area contributed by atoms with Gasteiger partial charge in [0.15, 0.2) is 5.82 Å². The molecule has 0 spiro atoms. The summed E-state index contributed by atoms with van der Waals surface area (Å²) in [6, 6.07) is 0. The highest BCUT2D eigenvalue weighted by molar-refractivity contribution is 4.96. The van der Waals surface area contributed by atoms with E-state index < -0.39 is 0 Å². The Kier molecular flexibility index (Phi) is 4.91. The molecule has 2 heterocycles. The molecule has 21 heavy (non-hydrogen) atoms. The van der Waals surface area contributed by atoms with Gasteiger partial charge in [-0.25, -0.2) is 0 Å². The molecule has 1 aliphatic heterocycles. The monoisotopic (exact) mass is 293 g/mol. The third kappa shape index (κ3) is 3.83. The zero-order chi connectivity index (χ0) is 14.7. The Morgan fingerprint density at radius 3 is 2.81 bits per heavy atom. The van der Waals surface area contributed by atoms with E-state index in [1.807, 2.05) is 6.92 Å². The molecule has 0 radical (unpaired) electrons. The van der Waals surface area contributed by atoms with Crippen LogP contribution in [0.2, 0.25) is 0 Å². The van der Waals surface area contributed by atoms with E-state index >= 15 is 0 Å². The standard InChI is InChI=1S/C16H27N3O2/c1-12(20)14-8-5-9-19(10-14)11-15-17-16(21-18-15)13-6-3-2-4-7-13/h12-14,20H,2-11H2,1H3. The number of aliphatic hydroxyl groups excluding tert-OH is 1. The van der Waals surface area contributed by atoms with Crippen LogP contribution in [0.3, 0.4) is 0 Å². The highest BCUT2D eigenvalue weighted by Crippen LogP contribution is 2.31. The molecule has 2 atom stereocenters. The molecule has 1 N–H and O–H groups in total. The lowest BCUT2D eigenvalue weighted by atomic mass is 9.89. The summed E-state index contributed by atoms with van der Waals surface area (Å²) in [7, 11) is 0. The van der Waals surface area contributed by atoms with Crippen molar-refractivity contribution < 1.29 is 9.63 Å². The van der Waals surface area contributed by atoms with Crippen LogP contribution in [0.4, 0.5) is 0 Å². The number of nitrogens with zero attached hydrogens (tertiary/aromatic N) is 3. The van der Waals surface area contributed by atoms with E-state index in [1.54, 1.807) is 0 Å². The van der Waals surface area contributed by atoms with E-state index in [2.05, 4.69) is 15.0 Å². The van der Waals surface area contributed by atoms with E-state index in [9.17, 15) is 5.11 Å². The van der Waals surface area contributed by atoms with Crippen LogP contribution in [-0.4, -0.2) is 39.3 Å². The zero-order valence-corrected chi connectivity index (χ0v) is 13.0. The molecule has 1 saturated heterocycles. The molecule has 2 unspecified atom stereocenters. The lowest BCUT2D eigenvalue weighted by Crippen LogP contribution is -2.39. The molecule has 1 aliphatic carbocycles. The van der Waals surface area contributed by atoms with Crippen molar-refractivity contribution in [1.82, 2.24) is 15.0 Å². The Labute approximate surface area is 126 Å². The molecular formula is C16H27N3O2. The van der Waals surface area contributed by atoms with Gasteiger partial charge in [0, 0.05) is 12.5 Å². The molecule has 0 amide bonds. The SMILES string of the molecule is CC(O)C1CCCN(Cc2noc(C3CCCCC3)n2)C1. The van der Waals surface area contributed by atoms with Gasteiger partial charge in [-0.05, 0) is 45.1 Å². The summed E-state index contributed by atoms with van der Waals surface area (Å²) in [5.41, 5.74) is 0. The molecule has 3 rings (SSSR count). The van der Waals surface area contributed by atoms with E-state index in [-0.39, 0.29) is 6.10 Å². The second kappa shape index (κ2) is 6.88. The predicted octanol–water partition coefficient (Wildman–Crippen LogP) is 2.71. The first kappa shape index (κ1) is 15.0. The van der Waals surface area contributed by atoms with Crippen LogP contribution in [0.1, 0.15) is 69.5 Å². The molecule has 118 valence electrons. The maximum Gasteiger partial charge on any atom is 0.229 e. The Balaban J connectivity index is 1.56. The minimum atomic E-state index is -0.226. The number of hydrogen-bond donors (Lipinski definition) is 1. The van der Waals surface area contributed by atoms with Gasteiger partial charge in [-0.15, -0.1) is 0 Å². The maximum absolute atomic E-state index is 9.76. The highest BCUT2D eigenvalue weighted by atomic mass is 16.5. The van der Waals surface area contributed by atoms with Crippen molar-refractivity contribution >= 4 is 0 Å². The van der Waals surface area contributed by atoms with Crippen LogP contribution in [-0.2, 0) is 6.54 Å². The fourth-order valence-corrected chi connectivity index (χ4v) is 3.68. The van der Waals surface area contributed by atoms with Gasteiger partial charge in [0.2, 0.25) is 5.89 Å². The minimum Gasteiger partial charge on any atom is -0.393 e. The maximum atomic E-state index is 9.76. The number of rotatable bonds is 4. The van der Waals surface area contributed by atoms with Gasteiger partial charge in [-0.3, -0.25) is 4.90 Å². The van der Waals surface area contributed by atoms with Crippen LogP contribution in [0, 0.1) is 5.92 Å². The third-order valence-electron chi connectivity index (χ3n) is 5.03. The molecule has 1 aromatic rings. The summed E-state index contributed by atoms with van der Waals surface area (Å²) in [6.07, 6.45) is 8.32. The van der Waals surface area contributed by atoms with Crippen molar-refractivity contribution in [1.29, 1.82) is 0 Å². The number of aliphatic hydroxyl groups is 1. The molecular weight excluding hydrogens is 266 g/mol. The molecule has 0 bridgehead atoms. The number of likely N-dealkylation sites (tertiary alicyclic amines) is 1. The molecule has 5 nitrogen and oxygen atoms in total. The average molecular weight is 293 g/mol. The molecule has 5 heteroatoms. The van der Waals surface area contributed by atoms with Gasteiger partial charge in [-0.2, -0.15) is 4.98 Å². The summed E-state index contributed by atoms with van der Waals surface area (Å²) >= 11 is 0. The summed E-state index contributed by atoms with van der Waals surface area (Å²) in [4.78, 5) is 6.96. The molecule has 0 aromatic carbocycles. The first-order valence-corrected chi connectivity index (χ1v) is 8.45. The third-order valence-corrected chi connectivity index (χ3v) is 5.03. The summed E-state index contributed by atoms with van der Waals surface area (Å²) in [5, 5.41) is 13.9. The number of piperidine rings is 1. The smallest absolute Gasteiger partial charge is 0.229 e. The Morgan fingerprint density at radius 2 is 2.05 bits per heavy atom. The molecule has 2 aliphatic rings. The van der Waals surface area contributed by atoms with Gasteiger partial charge >= 0.3 is 0 Å². The molecule has 1 aromatic heterocycles. The largest absolute Gasteiger partial charge is 0.393 e. The van der Waals surface area contributed by atoms with Crippen LogP contribution < -0.4 is 0 Å². The van der Waals surface area contributed by atoms with Gasteiger partial charge < -0.3 is 9.63 Å². The minimum absolute atomic E-state index is 0.226. The Hall–Kier alpha value is -0.940. The second-order valence-corrected chi connectivity index (χ2v) is 6.76. The summed E-state index contributed by atoms with van der Waals surface area (Å²) in [6.45, 7) is 4.64. The highest BCUT2D eigenvalue weighted by Gasteiger charge is 2.26. The van der Waals surface area contributed by atoms with Gasteiger partial charge in [0.1, 0.15) is 0 Å². The molecule has 1 saturated carbocycles. The van der Waals surface area contributed by atoms with E-state index in [4.69, 9.17) is 4.52 Å². The fourth-order valence-electron chi connectivity index (χ4n) is 3.68. The van der Waals surface area contributed by atoms with Gasteiger partial charge in [0.25, 0.3) is 0 Å². The predicted molar refractivity (Wildman–Crippen MR) is 79.8 cm³/mol.